The van der Waals surface area contributed by atoms with Crippen molar-refractivity contribution in [2.75, 3.05) is 5.33 Å². The number of carbonyl (C=O) groups excluding carboxylic acids is 1. The van der Waals surface area contributed by atoms with E-state index in [0.29, 0.717) is 6.42 Å². The summed E-state index contributed by atoms with van der Waals surface area (Å²) in [6.07, 6.45) is 27.4. The first-order valence-corrected chi connectivity index (χ1v) is 14.6. The van der Waals surface area contributed by atoms with Crippen molar-refractivity contribution in [3.05, 3.63) is 0 Å². The molecule has 0 saturated carbocycles. The second kappa shape index (κ2) is 25.2. The molecule has 0 rings (SSSR count). The van der Waals surface area contributed by atoms with E-state index >= 15 is 0 Å². The number of hydrogen-bond donors (Lipinski definition) is 0. The van der Waals surface area contributed by atoms with Crippen LogP contribution in [-0.2, 0) is 9.53 Å². The van der Waals surface area contributed by atoms with Crippen LogP contribution in [-0.4, -0.2) is 17.4 Å². The maximum absolute atomic E-state index is 12.3. The molecular weight excluding hydrogens is 436 g/mol. The standard InChI is InChI=1S/C27H53BrO2/c1-3-5-7-9-11-12-15-19-23-26(22-18-14-10-8-6-4-2)30-27(29)24-20-16-13-17-21-25-28/h26H,3-25H2,1-2H3. The van der Waals surface area contributed by atoms with E-state index in [1.165, 1.54) is 109 Å². The molecule has 1 unspecified atom stereocenters. The monoisotopic (exact) mass is 488 g/mol. The smallest absolute Gasteiger partial charge is 0.306 e. The van der Waals surface area contributed by atoms with Crippen LogP contribution in [0.2, 0.25) is 0 Å². The molecule has 0 aromatic rings. The van der Waals surface area contributed by atoms with Gasteiger partial charge >= 0.3 is 5.97 Å². The zero-order chi connectivity index (χ0) is 22.1. The quantitative estimate of drug-likeness (QED) is 0.0766. The predicted molar refractivity (Wildman–Crippen MR) is 137 cm³/mol. The van der Waals surface area contributed by atoms with Gasteiger partial charge in [-0.15, -0.1) is 0 Å². The first-order chi connectivity index (χ1) is 14.7. The molecule has 0 aromatic heterocycles. The lowest BCUT2D eigenvalue weighted by Crippen LogP contribution is -2.18. The number of ether oxygens (including phenoxy) is 1. The van der Waals surface area contributed by atoms with Crippen LogP contribution in [0.3, 0.4) is 0 Å². The molecule has 0 N–H and O–H groups in total. The predicted octanol–water partition coefficient (Wildman–Crippen LogP) is 9.92. The van der Waals surface area contributed by atoms with Crippen molar-refractivity contribution in [3.63, 3.8) is 0 Å². The summed E-state index contributed by atoms with van der Waals surface area (Å²) in [5.74, 6) is 0.0473. The molecule has 0 aliphatic heterocycles. The second-order valence-electron chi connectivity index (χ2n) is 9.14. The molecule has 0 aromatic carbocycles. The molecule has 180 valence electrons. The number of halogens is 1. The molecule has 1 atom stereocenters. The van der Waals surface area contributed by atoms with Crippen molar-refractivity contribution in [2.45, 2.75) is 161 Å². The maximum atomic E-state index is 12.3. The van der Waals surface area contributed by atoms with E-state index in [1.807, 2.05) is 0 Å². The SMILES string of the molecule is CCCCCCCCCCC(CCCCCCCC)OC(=O)CCCCCCCBr. The van der Waals surface area contributed by atoms with E-state index in [9.17, 15) is 4.79 Å². The number of rotatable bonds is 24. The maximum Gasteiger partial charge on any atom is 0.306 e. The third kappa shape index (κ3) is 22.6. The summed E-state index contributed by atoms with van der Waals surface area (Å²) in [7, 11) is 0. The Morgan fingerprint density at radius 2 is 1.00 bits per heavy atom. The third-order valence-electron chi connectivity index (χ3n) is 6.07. The highest BCUT2D eigenvalue weighted by Crippen LogP contribution is 2.18. The van der Waals surface area contributed by atoms with E-state index in [4.69, 9.17) is 4.74 Å². The molecule has 2 nitrogen and oxygen atoms in total. The van der Waals surface area contributed by atoms with E-state index in [1.54, 1.807) is 0 Å². The minimum Gasteiger partial charge on any atom is -0.462 e. The van der Waals surface area contributed by atoms with Gasteiger partial charge in [-0.1, -0.05) is 126 Å². The van der Waals surface area contributed by atoms with E-state index in [-0.39, 0.29) is 12.1 Å². The van der Waals surface area contributed by atoms with Gasteiger partial charge in [0.2, 0.25) is 0 Å². The highest BCUT2D eigenvalue weighted by Gasteiger charge is 2.14. The van der Waals surface area contributed by atoms with Crippen LogP contribution < -0.4 is 0 Å². The van der Waals surface area contributed by atoms with Crippen molar-refractivity contribution in [3.8, 4) is 0 Å². The van der Waals surface area contributed by atoms with Crippen molar-refractivity contribution in [1.82, 2.24) is 0 Å². The number of esters is 1. The fraction of sp³-hybridized carbons (Fsp3) is 0.963. The topological polar surface area (TPSA) is 26.3 Å². The lowest BCUT2D eigenvalue weighted by Gasteiger charge is -2.18. The summed E-state index contributed by atoms with van der Waals surface area (Å²) >= 11 is 3.48. The van der Waals surface area contributed by atoms with Crippen molar-refractivity contribution >= 4 is 21.9 Å². The summed E-state index contributed by atoms with van der Waals surface area (Å²) < 4.78 is 5.92. The van der Waals surface area contributed by atoms with Gasteiger partial charge in [0.1, 0.15) is 6.10 Å². The van der Waals surface area contributed by atoms with Crippen LogP contribution in [0.1, 0.15) is 155 Å². The average Bonchev–Trinajstić information content (AvgIpc) is 2.74. The first-order valence-electron chi connectivity index (χ1n) is 13.5. The molecule has 30 heavy (non-hydrogen) atoms. The summed E-state index contributed by atoms with van der Waals surface area (Å²) in [5.41, 5.74) is 0. The van der Waals surface area contributed by atoms with Crippen LogP contribution in [0.25, 0.3) is 0 Å². The molecule has 0 amide bonds. The minimum atomic E-state index is 0.0473. The van der Waals surface area contributed by atoms with Crippen LogP contribution in [0.5, 0.6) is 0 Å². The molecule has 3 heteroatoms. The van der Waals surface area contributed by atoms with Crippen molar-refractivity contribution in [1.29, 1.82) is 0 Å². The Bertz CT molecular complexity index is 346. The Balaban J connectivity index is 4.00. The van der Waals surface area contributed by atoms with E-state index in [2.05, 4.69) is 29.8 Å². The van der Waals surface area contributed by atoms with Gasteiger partial charge in [0.05, 0.1) is 0 Å². The molecule has 0 fully saturated rings. The van der Waals surface area contributed by atoms with Crippen molar-refractivity contribution < 1.29 is 9.53 Å². The van der Waals surface area contributed by atoms with E-state index < -0.39 is 0 Å². The molecule has 0 spiro atoms. The fourth-order valence-corrected chi connectivity index (χ4v) is 4.46. The Morgan fingerprint density at radius 1 is 0.600 bits per heavy atom. The zero-order valence-electron chi connectivity index (χ0n) is 20.5. The number of alkyl halides is 1. The summed E-state index contributed by atoms with van der Waals surface area (Å²) in [4.78, 5) is 12.3. The van der Waals surface area contributed by atoms with E-state index in [0.717, 1.165) is 31.0 Å². The average molecular weight is 490 g/mol. The third-order valence-corrected chi connectivity index (χ3v) is 6.63. The largest absolute Gasteiger partial charge is 0.462 e. The molecule has 0 radical (unpaired) electrons. The Labute approximate surface area is 197 Å². The van der Waals surface area contributed by atoms with Gasteiger partial charge in [-0.3, -0.25) is 4.79 Å². The lowest BCUT2D eigenvalue weighted by molar-refractivity contribution is -0.150. The van der Waals surface area contributed by atoms with Gasteiger partial charge in [-0.05, 0) is 38.5 Å². The Hall–Kier alpha value is -0.0500. The summed E-state index contributed by atoms with van der Waals surface area (Å²) in [6.45, 7) is 4.54. The Morgan fingerprint density at radius 3 is 1.47 bits per heavy atom. The molecule has 0 heterocycles. The van der Waals surface area contributed by atoms with Gasteiger partial charge in [-0.2, -0.15) is 0 Å². The van der Waals surface area contributed by atoms with Crippen LogP contribution in [0.4, 0.5) is 0 Å². The fourth-order valence-electron chi connectivity index (χ4n) is 4.06. The molecule has 0 saturated heterocycles. The van der Waals surface area contributed by atoms with Crippen LogP contribution in [0.15, 0.2) is 0 Å². The second-order valence-corrected chi connectivity index (χ2v) is 9.93. The molecule has 0 aliphatic rings. The lowest BCUT2D eigenvalue weighted by atomic mass is 10.0. The zero-order valence-corrected chi connectivity index (χ0v) is 22.1. The minimum absolute atomic E-state index is 0.0473. The van der Waals surface area contributed by atoms with Crippen LogP contribution in [0, 0.1) is 0 Å². The van der Waals surface area contributed by atoms with Gasteiger partial charge in [0, 0.05) is 11.8 Å². The first kappa shape index (κ1) is 29.9. The molecule has 0 aliphatic carbocycles. The highest BCUT2D eigenvalue weighted by atomic mass is 79.9. The van der Waals surface area contributed by atoms with Gasteiger partial charge in [0.15, 0.2) is 0 Å². The van der Waals surface area contributed by atoms with Gasteiger partial charge < -0.3 is 4.74 Å². The van der Waals surface area contributed by atoms with Crippen LogP contribution >= 0.6 is 15.9 Å². The van der Waals surface area contributed by atoms with Gasteiger partial charge in [0.25, 0.3) is 0 Å². The molecular formula is C27H53BrO2. The number of carbonyl (C=O) groups is 1. The molecule has 0 bridgehead atoms. The highest BCUT2D eigenvalue weighted by molar-refractivity contribution is 9.09. The summed E-state index contributed by atoms with van der Waals surface area (Å²) in [6, 6.07) is 0. The van der Waals surface area contributed by atoms with Gasteiger partial charge in [-0.25, -0.2) is 0 Å². The normalized spacial score (nSPS) is 12.2. The summed E-state index contributed by atoms with van der Waals surface area (Å²) in [5, 5.41) is 1.09. The number of hydrogen-bond acceptors (Lipinski definition) is 2. The van der Waals surface area contributed by atoms with Crippen molar-refractivity contribution in [2.24, 2.45) is 0 Å². The number of unbranched alkanes of at least 4 members (excludes halogenated alkanes) is 16. The Kier molecular flexibility index (Phi) is 25.2.